The number of alkyl halides is 4. The first kappa shape index (κ1) is 18.2. The van der Waals surface area contributed by atoms with Gasteiger partial charge in [-0.2, -0.15) is 23.3 Å². The van der Waals surface area contributed by atoms with Gasteiger partial charge in [-0.3, -0.25) is 0 Å². The van der Waals surface area contributed by atoms with E-state index in [0.717, 1.165) is 11.9 Å². The fourth-order valence-corrected chi connectivity index (χ4v) is 2.59. The molecule has 1 unspecified atom stereocenters. The first-order chi connectivity index (χ1) is 12.3. The van der Waals surface area contributed by atoms with Crippen LogP contribution in [-0.4, -0.2) is 32.2 Å². The Morgan fingerprint density at radius 3 is 2.73 bits per heavy atom. The van der Waals surface area contributed by atoms with E-state index in [-0.39, 0.29) is 17.1 Å². The summed E-state index contributed by atoms with van der Waals surface area (Å²) < 4.78 is 40.4. The van der Waals surface area contributed by atoms with E-state index in [2.05, 4.69) is 25.7 Å². The number of aromatic nitrogens is 4. The number of halogens is 4. The first-order valence-electron chi connectivity index (χ1n) is 7.76. The molecule has 2 aromatic heterocycles. The standard InChI is InChI=1S/C16H16ClF3N6/c1-9-13(8-26(25-9)11-5-3-10(17)4-6-11)23-15-22-7-12(16(18,19)20)14(21-2)24-15/h3,5-8,10H,4H2,1-2H3,(H2,21,22,23,24). The molecule has 10 heteroatoms. The predicted molar refractivity (Wildman–Crippen MR) is 94.5 cm³/mol. The summed E-state index contributed by atoms with van der Waals surface area (Å²) in [4.78, 5) is 7.65. The van der Waals surface area contributed by atoms with Gasteiger partial charge < -0.3 is 10.6 Å². The van der Waals surface area contributed by atoms with Crippen LogP contribution in [-0.2, 0) is 6.18 Å². The van der Waals surface area contributed by atoms with Crippen LogP contribution < -0.4 is 10.6 Å². The highest BCUT2D eigenvalue weighted by atomic mass is 35.5. The molecular weight excluding hydrogens is 369 g/mol. The van der Waals surface area contributed by atoms with Crippen LogP contribution in [0.25, 0.3) is 5.70 Å². The van der Waals surface area contributed by atoms with Crippen LogP contribution in [0.5, 0.6) is 0 Å². The van der Waals surface area contributed by atoms with Gasteiger partial charge >= 0.3 is 6.18 Å². The molecule has 1 aliphatic rings. The van der Waals surface area contributed by atoms with Crippen molar-refractivity contribution >= 4 is 34.8 Å². The van der Waals surface area contributed by atoms with Gasteiger partial charge in [-0.1, -0.05) is 12.2 Å². The van der Waals surface area contributed by atoms with Crippen molar-refractivity contribution in [2.45, 2.75) is 24.9 Å². The maximum absolute atomic E-state index is 12.9. The second kappa shape index (κ2) is 6.99. The lowest BCUT2D eigenvalue weighted by Gasteiger charge is -2.12. The largest absolute Gasteiger partial charge is 0.421 e. The maximum atomic E-state index is 12.9. The summed E-state index contributed by atoms with van der Waals surface area (Å²) in [6, 6.07) is 0. The zero-order valence-corrected chi connectivity index (χ0v) is 14.7. The Morgan fingerprint density at radius 1 is 1.35 bits per heavy atom. The van der Waals surface area contributed by atoms with Crippen molar-refractivity contribution in [3.05, 3.63) is 41.9 Å². The van der Waals surface area contributed by atoms with Crippen LogP contribution in [0.4, 0.5) is 30.6 Å². The van der Waals surface area contributed by atoms with Crippen molar-refractivity contribution < 1.29 is 13.2 Å². The molecule has 1 atom stereocenters. The summed E-state index contributed by atoms with van der Waals surface area (Å²) in [5.74, 6) is -0.259. The molecule has 2 N–H and O–H groups in total. The lowest BCUT2D eigenvalue weighted by Crippen LogP contribution is -2.12. The zero-order valence-electron chi connectivity index (χ0n) is 14.0. The smallest absolute Gasteiger partial charge is 0.372 e. The lowest BCUT2D eigenvalue weighted by atomic mass is 10.1. The van der Waals surface area contributed by atoms with Crippen molar-refractivity contribution in [2.75, 3.05) is 17.7 Å². The molecule has 0 aromatic carbocycles. The normalized spacial score (nSPS) is 17.2. The number of aryl methyl sites for hydroxylation is 1. The minimum Gasteiger partial charge on any atom is -0.372 e. The Balaban J connectivity index is 1.85. The van der Waals surface area contributed by atoms with Crippen LogP contribution in [0.2, 0.25) is 0 Å². The molecule has 0 spiro atoms. The summed E-state index contributed by atoms with van der Waals surface area (Å²) in [6.07, 6.45) is 4.33. The number of allylic oxidation sites excluding steroid dienone is 4. The fourth-order valence-electron chi connectivity index (χ4n) is 2.43. The molecule has 2 heterocycles. The van der Waals surface area contributed by atoms with Gasteiger partial charge in [-0.05, 0) is 19.4 Å². The third kappa shape index (κ3) is 3.82. The van der Waals surface area contributed by atoms with Crippen molar-refractivity contribution in [3.63, 3.8) is 0 Å². The SMILES string of the molecule is CNc1nc(Nc2cn(C3=CCC(Cl)C=C3)nc2C)ncc1C(F)(F)F. The van der Waals surface area contributed by atoms with Gasteiger partial charge in [0.2, 0.25) is 5.95 Å². The van der Waals surface area contributed by atoms with E-state index < -0.39 is 11.7 Å². The fraction of sp³-hybridized carbons (Fsp3) is 0.312. The Bertz CT molecular complexity index is 871. The molecule has 0 saturated heterocycles. The average Bonchev–Trinajstić information content (AvgIpc) is 2.95. The number of hydrogen-bond donors (Lipinski definition) is 2. The quantitative estimate of drug-likeness (QED) is 0.773. The van der Waals surface area contributed by atoms with Gasteiger partial charge in [0.05, 0.1) is 28.7 Å². The summed E-state index contributed by atoms with van der Waals surface area (Å²) in [7, 11) is 1.37. The van der Waals surface area contributed by atoms with Crippen LogP contribution in [0.3, 0.4) is 0 Å². The highest BCUT2D eigenvalue weighted by Gasteiger charge is 2.35. The van der Waals surface area contributed by atoms with Gasteiger partial charge in [0.15, 0.2) is 0 Å². The minimum absolute atomic E-state index is 0.0338. The van der Waals surface area contributed by atoms with Gasteiger partial charge in [0, 0.05) is 13.2 Å². The second-order valence-corrected chi connectivity index (χ2v) is 6.20. The van der Waals surface area contributed by atoms with Crippen molar-refractivity contribution in [1.82, 2.24) is 19.7 Å². The van der Waals surface area contributed by atoms with E-state index in [1.807, 2.05) is 18.2 Å². The highest BCUT2D eigenvalue weighted by molar-refractivity contribution is 6.22. The van der Waals surface area contributed by atoms with Crippen molar-refractivity contribution in [1.29, 1.82) is 0 Å². The lowest BCUT2D eigenvalue weighted by molar-refractivity contribution is -0.137. The average molecular weight is 385 g/mol. The van der Waals surface area contributed by atoms with E-state index in [9.17, 15) is 13.2 Å². The molecule has 6 nitrogen and oxygen atoms in total. The number of nitrogens with zero attached hydrogens (tertiary/aromatic N) is 4. The molecule has 0 fully saturated rings. The van der Waals surface area contributed by atoms with E-state index in [4.69, 9.17) is 11.6 Å². The van der Waals surface area contributed by atoms with Crippen LogP contribution in [0.1, 0.15) is 17.7 Å². The summed E-state index contributed by atoms with van der Waals surface area (Å²) in [5, 5.41) is 9.71. The molecule has 0 aliphatic heterocycles. The monoisotopic (exact) mass is 384 g/mol. The van der Waals surface area contributed by atoms with Gasteiger partial charge in [-0.15, -0.1) is 11.6 Å². The Morgan fingerprint density at radius 2 is 2.12 bits per heavy atom. The zero-order chi connectivity index (χ0) is 18.9. The number of anilines is 3. The maximum Gasteiger partial charge on any atom is 0.421 e. The molecule has 3 rings (SSSR count). The molecule has 138 valence electrons. The number of nitrogens with one attached hydrogen (secondary N) is 2. The van der Waals surface area contributed by atoms with Crippen molar-refractivity contribution in [3.8, 4) is 0 Å². The third-order valence-corrected chi connectivity index (χ3v) is 4.09. The summed E-state index contributed by atoms with van der Waals surface area (Å²) in [6.45, 7) is 1.78. The third-order valence-electron chi connectivity index (χ3n) is 3.77. The molecule has 1 aliphatic carbocycles. The Kier molecular flexibility index (Phi) is 4.90. The summed E-state index contributed by atoms with van der Waals surface area (Å²) in [5.41, 5.74) is 1.18. The van der Waals surface area contributed by atoms with E-state index in [0.29, 0.717) is 17.8 Å². The first-order valence-corrected chi connectivity index (χ1v) is 8.19. The van der Waals surface area contributed by atoms with Crippen LogP contribution in [0, 0.1) is 6.92 Å². The molecule has 0 radical (unpaired) electrons. The molecule has 26 heavy (non-hydrogen) atoms. The van der Waals surface area contributed by atoms with Gasteiger partial charge in [0.1, 0.15) is 11.4 Å². The Hall–Kier alpha value is -2.55. The Labute approximate surface area is 152 Å². The van der Waals surface area contributed by atoms with Gasteiger partial charge in [-0.25, -0.2) is 9.67 Å². The number of rotatable bonds is 4. The molecular formula is C16H16ClF3N6. The van der Waals surface area contributed by atoms with Crippen molar-refractivity contribution in [2.24, 2.45) is 0 Å². The minimum atomic E-state index is -4.53. The van der Waals surface area contributed by atoms with E-state index in [1.165, 1.54) is 7.05 Å². The number of hydrogen-bond acceptors (Lipinski definition) is 5. The van der Waals surface area contributed by atoms with Crippen LogP contribution in [0.15, 0.2) is 30.6 Å². The topological polar surface area (TPSA) is 67.7 Å². The molecule has 0 bridgehead atoms. The van der Waals surface area contributed by atoms with E-state index in [1.54, 1.807) is 17.8 Å². The van der Waals surface area contributed by atoms with E-state index >= 15 is 0 Å². The highest BCUT2D eigenvalue weighted by Crippen LogP contribution is 2.34. The second-order valence-electron chi connectivity index (χ2n) is 5.64. The molecule has 0 amide bonds. The molecule has 2 aromatic rings. The predicted octanol–water partition coefficient (Wildman–Crippen LogP) is 4.19. The van der Waals surface area contributed by atoms with Crippen LogP contribution >= 0.6 is 11.6 Å². The molecule has 0 saturated carbocycles. The summed E-state index contributed by atoms with van der Waals surface area (Å²) >= 11 is 6.01. The van der Waals surface area contributed by atoms with Gasteiger partial charge in [0.25, 0.3) is 0 Å².